The molecule has 3 heterocycles. The van der Waals surface area contributed by atoms with Crippen LogP contribution in [-0.4, -0.2) is 47.0 Å². The largest absolute Gasteiger partial charge is 0.494 e. The van der Waals surface area contributed by atoms with Crippen LogP contribution in [0.25, 0.3) is 10.2 Å². The quantitative estimate of drug-likeness (QED) is 0.632. The van der Waals surface area contributed by atoms with Crippen LogP contribution in [0.2, 0.25) is 0 Å². The Bertz CT molecular complexity index is 991. The number of carbonyl (C=O) groups is 1. The highest BCUT2D eigenvalue weighted by Crippen LogP contribution is 2.35. The number of carbonyl (C=O) groups excluding carboxylic acids is 1. The third kappa shape index (κ3) is 3.49. The Morgan fingerprint density at radius 3 is 3.04 bits per heavy atom. The first-order valence-electron chi connectivity index (χ1n) is 9.52. The zero-order valence-corrected chi connectivity index (χ0v) is 17.2. The summed E-state index contributed by atoms with van der Waals surface area (Å²) >= 11 is 1.49. The fourth-order valence-electron chi connectivity index (χ4n) is 3.53. The summed E-state index contributed by atoms with van der Waals surface area (Å²) in [5.74, 6) is 0.606. The molecular formula is C20H24N4O3S. The smallest absolute Gasteiger partial charge is 0.278 e. The number of hydrogen-bond acceptors (Lipinski definition) is 6. The Balaban J connectivity index is 1.76. The second kappa shape index (κ2) is 7.89. The highest BCUT2D eigenvalue weighted by molar-refractivity contribution is 7.22. The lowest BCUT2D eigenvalue weighted by Gasteiger charge is -2.23. The van der Waals surface area contributed by atoms with Gasteiger partial charge >= 0.3 is 0 Å². The number of para-hydroxylation sites is 1. The molecule has 8 heteroatoms. The molecule has 0 spiro atoms. The number of aromatic nitrogens is 3. The molecule has 0 radical (unpaired) electrons. The molecule has 1 amide bonds. The fourth-order valence-corrected chi connectivity index (χ4v) is 4.52. The first-order chi connectivity index (χ1) is 13.6. The lowest BCUT2D eigenvalue weighted by molar-refractivity contribution is 0.0908. The molecule has 0 saturated carbocycles. The van der Waals surface area contributed by atoms with E-state index >= 15 is 0 Å². The fraction of sp³-hybridized carbons (Fsp3) is 0.450. The van der Waals surface area contributed by atoms with Gasteiger partial charge in [-0.25, -0.2) is 4.98 Å². The van der Waals surface area contributed by atoms with Crippen molar-refractivity contribution in [3.05, 3.63) is 35.7 Å². The standard InChI is InChI=1S/C20H24N4O3S/c1-4-24-15(11-13(2)22-24)19(25)23(12-14-7-6-10-27-14)20-21-18-16(26-3)8-5-9-17(18)28-20/h5,8-9,11,14H,4,6-7,10,12H2,1-3H3. The molecule has 28 heavy (non-hydrogen) atoms. The van der Waals surface area contributed by atoms with E-state index in [1.807, 2.05) is 38.1 Å². The number of benzene rings is 1. The minimum atomic E-state index is -0.101. The van der Waals surface area contributed by atoms with Gasteiger partial charge in [-0.05, 0) is 44.9 Å². The van der Waals surface area contributed by atoms with Crippen LogP contribution in [-0.2, 0) is 11.3 Å². The van der Waals surface area contributed by atoms with Crippen LogP contribution < -0.4 is 9.64 Å². The average molecular weight is 401 g/mol. The van der Waals surface area contributed by atoms with Crippen molar-refractivity contribution in [2.75, 3.05) is 25.2 Å². The second-order valence-corrected chi connectivity index (χ2v) is 7.85. The summed E-state index contributed by atoms with van der Waals surface area (Å²) in [6.07, 6.45) is 1.99. The van der Waals surface area contributed by atoms with Gasteiger partial charge in [0.1, 0.15) is 17.0 Å². The van der Waals surface area contributed by atoms with E-state index in [1.165, 1.54) is 11.3 Å². The number of aryl methyl sites for hydroxylation is 2. The summed E-state index contributed by atoms with van der Waals surface area (Å²) in [5.41, 5.74) is 2.17. The van der Waals surface area contributed by atoms with Gasteiger partial charge in [0, 0.05) is 13.2 Å². The topological polar surface area (TPSA) is 69.5 Å². The Morgan fingerprint density at radius 1 is 1.46 bits per heavy atom. The Hall–Kier alpha value is -2.45. The predicted molar refractivity (Wildman–Crippen MR) is 109 cm³/mol. The van der Waals surface area contributed by atoms with Gasteiger partial charge in [-0.2, -0.15) is 5.10 Å². The van der Waals surface area contributed by atoms with Crippen molar-refractivity contribution in [1.82, 2.24) is 14.8 Å². The second-order valence-electron chi connectivity index (χ2n) is 6.84. The molecule has 1 aliphatic heterocycles. The van der Waals surface area contributed by atoms with Crippen molar-refractivity contribution in [2.45, 2.75) is 39.3 Å². The van der Waals surface area contributed by atoms with Crippen molar-refractivity contribution < 1.29 is 14.3 Å². The van der Waals surface area contributed by atoms with Gasteiger partial charge in [0.25, 0.3) is 5.91 Å². The molecule has 1 unspecified atom stereocenters. The van der Waals surface area contributed by atoms with Crippen molar-refractivity contribution in [2.24, 2.45) is 0 Å². The van der Waals surface area contributed by atoms with E-state index in [4.69, 9.17) is 14.5 Å². The Kier molecular flexibility index (Phi) is 5.32. The van der Waals surface area contributed by atoms with E-state index in [-0.39, 0.29) is 12.0 Å². The third-order valence-electron chi connectivity index (χ3n) is 4.90. The van der Waals surface area contributed by atoms with Crippen LogP contribution >= 0.6 is 11.3 Å². The number of methoxy groups -OCH3 is 1. The highest BCUT2D eigenvalue weighted by atomic mass is 32.1. The van der Waals surface area contributed by atoms with E-state index in [9.17, 15) is 4.79 Å². The zero-order valence-electron chi connectivity index (χ0n) is 16.3. The van der Waals surface area contributed by atoms with Gasteiger partial charge in [0.2, 0.25) is 0 Å². The minimum absolute atomic E-state index is 0.0250. The molecule has 1 fully saturated rings. The maximum Gasteiger partial charge on any atom is 0.278 e. The van der Waals surface area contributed by atoms with Gasteiger partial charge in [-0.1, -0.05) is 17.4 Å². The van der Waals surface area contributed by atoms with Crippen LogP contribution in [0.5, 0.6) is 5.75 Å². The van der Waals surface area contributed by atoms with Crippen molar-refractivity contribution in [3.63, 3.8) is 0 Å². The van der Waals surface area contributed by atoms with Gasteiger partial charge in [0.15, 0.2) is 5.13 Å². The van der Waals surface area contributed by atoms with Gasteiger partial charge in [-0.15, -0.1) is 0 Å². The maximum absolute atomic E-state index is 13.5. The lowest BCUT2D eigenvalue weighted by Crippen LogP contribution is -2.38. The van der Waals surface area contributed by atoms with E-state index in [2.05, 4.69) is 5.10 Å². The van der Waals surface area contributed by atoms with Crippen molar-refractivity contribution in [1.29, 1.82) is 0 Å². The van der Waals surface area contributed by atoms with E-state index in [0.717, 1.165) is 35.4 Å². The summed E-state index contributed by atoms with van der Waals surface area (Å²) in [5, 5.41) is 5.08. The number of nitrogens with zero attached hydrogens (tertiary/aromatic N) is 4. The summed E-state index contributed by atoms with van der Waals surface area (Å²) in [7, 11) is 1.63. The van der Waals surface area contributed by atoms with E-state index < -0.39 is 0 Å². The molecule has 148 valence electrons. The van der Waals surface area contributed by atoms with Crippen LogP contribution in [0.4, 0.5) is 5.13 Å². The van der Waals surface area contributed by atoms with Crippen LogP contribution in [0.15, 0.2) is 24.3 Å². The lowest BCUT2D eigenvalue weighted by atomic mass is 10.2. The number of anilines is 1. The van der Waals surface area contributed by atoms with Crippen molar-refractivity contribution >= 4 is 32.6 Å². The molecule has 1 saturated heterocycles. The van der Waals surface area contributed by atoms with Gasteiger partial charge in [-0.3, -0.25) is 14.4 Å². The first-order valence-corrected chi connectivity index (χ1v) is 10.3. The van der Waals surface area contributed by atoms with Gasteiger partial charge in [0.05, 0.1) is 30.2 Å². The minimum Gasteiger partial charge on any atom is -0.494 e. The molecule has 1 aliphatic rings. The number of ether oxygens (including phenoxy) is 2. The summed E-state index contributed by atoms with van der Waals surface area (Å²) in [6, 6.07) is 7.65. The molecular weight excluding hydrogens is 376 g/mol. The summed E-state index contributed by atoms with van der Waals surface area (Å²) < 4.78 is 14.0. The number of amides is 1. The number of rotatable bonds is 6. The molecule has 0 N–H and O–H groups in total. The van der Waals surface area contributed by atoms with Gasteiger partial charge < -0.3 is 9.47 Å². The predicted octanol–water partition coefficient (Wildman–Crippen LogP) is 3.66. The number of fused-ring (bicyclic) bond motifs is 1. The zero-order chi connectivity index (χ0) is 19.7. The molecule has 4 rings (SSSR count). The van der Waals surface area contributed by atoms with Crippen LogP contribution in [0.3, 0.4) is 0 Å². The normalized spacial score (nSPS) is 16.6. The van der Waals surface area contributed by atoms with Crippen molar-refractivity contribution in [3.8, 4) is 5.75 Å². The molecule has 1 aromatic carbocycles. The van der Waals surface area contributed by atoms with E-state index in [0.29, 0.717) is 29.7 Å². The number of hydrogen-bond donors (Lipinski definition) is 0. The summed E-state index contributed by atoms with van der Waals surface area (Å²) in [6.45, 7) is 5.74. The molecule has 7 nitrogen and oxygen atoms in total. The summed E-state index contributed by atoms with van der Waals surface area (Å²) in [4.78, 5) is 20.0. The maximum atomic E-state index is 13.5. The first kappa shape index (κ1) is 18.9. The molecule has 1 atom stereocenters. The average Bonchev–Trinajstić information content (AvgIpc) is 3.43. The molecule has 0 bridgehead atoms. The monoisotopic (exact) mass is 400 g/mol. The molecule has 0 aliphatic carbocycles. The number of thiazole rings is 1. The SMILES string of the molecule is CCn1nc(C)cc1C(=O)N(CC1CCCO1)c1nc2c(OC)cccc2s1. The molecule has 2 aromatic heterocycles. The Morgan fingerprint density at radius 2 is 2.32 bits per heavy atom. The molecule has 3 aromatic rings. The van der Waals surface area contributed by atoms with E-state index in [1.54, 1.807) is 16.7 Å². The van der Waals surface area contributed by atoms with Crippen LogP contribution in [0.1, 0.15) is 35.9 Å². The highest BCUT2D eigenvalue weighted by Gasteiger charge is 2.29. The van der Waals surface area contributed by atoms with Crippen LogP contribution in [0, 0.1) is 6.92 Å². The Labute approximate surface area is 167 Å². The third-order valence-corrected chi connectivity index (χ3v) is 5.94.